The summed E-state index contributed by atoms with van der Waals surface area (Å²) in [7, 11) is 1.54. The van der Waals surface area contributed by atoms with Crippen molar-refractivity contribution in [1.82, 2.24) is 19.4 Å². The number of urea groups is 1. The van der Waals surface area contributed by atoms with Crippen molar-refractivity contribution >= 4 is 27.6 Å². The van der Waals surface area contributed by atoms with E-state index in [0.29, 0.717) is 36.4 Å². The van der Waals surface area contributed by atoms with Gasteiger partial charge in [-0.15, -0.1) is 11.3 Å². The lowest BCUT2D eigenvalue weighted by Crippen LogP contribution is -2.47. The Bertz CT molecular complexity index is 1130. The van der Waals surface area contributed by atoms with E-state index in [2.05, 4.69) is 5.32 Å². The van der Waals surface area contributed by atoms with Crippen LogP contribution < -0.4 is 16.6 Å². The first-order chi connectivity index (χ1) is 14.6. The van der Waals surface area contributed by atoms with Crippen LogP contribution in [0.2, 0.25) is 0 Å². The largest absolute Gasteiger partial charge is 0.390 e. The first-order valence-electron chi connectivity index (χ1n) is 10.0. The number of aromatic nitrogens is 2. The zero-order valence-electron chi connectivity index (χ0n) is 17.1. The molecule has 4 rings (SSSR count). The fourth-order valence-electron chi connectivity index (χ4n) is 4.10. The molecule has 2 amide bonds. The van der Waals surface area contributed by atoms with Gasteiger partial charge in [-0.2, -0.15) is 13.2 Å². The first-order valence-corrected chi connectivity index (χ1v) is 10.8. The quantitative estimate of drug-likeness (QED) is 0.717. The van der Waals surface area contributed by atoms with E-state index in [9.17, 15) is 27.6 Å². The molecule has 1 saturated carbocycles. The maximum absolute atomic E-state index is 13.3. The van der Waals surface area contributed by atoms with Gasteiger partial charge in [0.15, 0.2) is 0 Å². The van der Waals surface area contributed by atoms with Gasteiger partial charge in [-0.1, -0.05) is 0 Å². The number of nitrogens with zero attached hydrogens (tertiary/aromatic N) is 3. The predicted octanol–water partition coefficient (Wildman–Crippen LogP) is 2.36. The summed E-state index contributed by atoms with van der Waals surface area (Å²) in [5, 5.41) is 2.95. The van der Waals surface area contributed by atoms with Gasteiger partial charge in [0, 0.05) is 37.7 Å². The molecule has 1 saturated heterocycles. The van der Waals surface area contributed by atoms with E-state index < -0.39 is 36.4 Å². The predicted molar refractivity (Wildman–Crippen MR) is 109 cm³/mol. The number of nitrogens with one attached hydrogen (secondary N) is 1. The number of thiophene rings is 1. The molecular weight excluding hydrogens is 437 g/mol. The summed E-state index contributed by atoms with van der Waals surface area (Å²) in [6, 6.07) is -0.637. The van der Waals surface area contributed by atoms with Crippen LogP contribution >= 0.6 is 11.3 Å². The average Bonchev–Trinajstić information content (AvgIpc) is 3.20. The molecular formula is C19H23F3N4O4S. The van der Waals surface area contributed by atoms with Gasteiger partial charge in [-0.25, -0.2) is 9.59 Å². The highest BCUT2D eigenvalue weighted by Gasteiger charge is 2.35. The molecule has 0 bridgehead atoms. The van der Waals surface area contributed by atoms with Gasteiger partial charge in [0.1, 0.15) is 4.83 Å². The molecule has 170 valence electrons. The lowest BCUT2D eigenvalue weighted by atomic mass is 9.89. The van der Waals surface area contributed by atoms with Crippen LogP contribution in [-0.4, -0.2) is 52.5 Å². The Morgan fingerprint density at radius 1 is 1.23 bits per heavy atom. The number of carbonyl (C=O) groups is 1. The molecule has 0 spiro atoms. The summed E-state index contributed by atoms with van der Waals surface area (Å²) in [5.41, 5.74) is -0.622. The lowest BCUT2D eigenvalue weighted by Gasteiger charge is -2.35. The van der Waals surface area contributed by atoms with E-state index in [1.54, 1.807) is 11.8 Å². The monoisotopic (exact) mass is 460 g/mol. The second-order valence-corrected chi connectivity index (χ2v) is 9.02. The number of amides is 2. The number of hydrogen-bond acceptors (Lipinski definition) is 5. The molecule has 0 unspecified atom stereocenters. The number of alkyl halides is 3. The van der Waals surface area contributed by atoms with E-state index in [0.717, 1.165) is 20.5 Å². The Balaban J connectivity index is 1.83. The zero-order chi connectivity index (χ0) is 22.5. The van der Waals surface area contributed by atoms with Gasteiger partial charge >= 0.3 is 17.9 Å². The summed E-state index contributed by atoms with van der Waals surface area (Å²) < 4.78 is 46.2. The number of fused-ring (bicyclic) bond motifs is 1. The van der Waals surface area contributed by atoms with Crippen LogP contribution in [0.3, 0.4) is 0 Å². The number of ether oxygens (including phenoxy) is 1. The minimum atomic E-state index is -4.44. The Kier molecular flexibility index (Phi) is 5.63. The Morgan fingerprint density at radius 2 is 1.94 bits per heavy atom. The molecule has 2 aromatic heterocycles. The minimum absolute atomic E-state index is 0.0802. The van der Waals surface area contributed by atoms with Crippen LogP contribution in [0.1, 0.15) is 35.7 Å². The standard InChI is InChI=1S/C19H23F3N4O4S/c1-10-13(9-24-6-4-23-17(24)28)31-16-14(10)15(27)26(11-7-12(8-11)30-2)18(29)25(16)5-3-19(20,21)22/h11-12H,3-9H2,1-2H3,(H,23,28). The van der Waals surface area contributed by atoms with Crippen molar-refractivity contribution in [2.45, 2.75) is 57.6 Å². The first kappa shape index (κ1) is 21.9. The second kappa shape index (κ2) is 7.97. The smallest absolute Gasteiger partial charge is 0.381 e. The average molecular weight is 460 g/mol. The second-order valence-electron chi connectivity index (χ2n) is 7.94. The van der Waals surface area contributed by atoms with Crippen LogP contribution in [0.15, 0.2) is 9.59 Å². The van der Waals surface area contributed by atoms with Crippen LogP contribution in [0.4, 0.5) is 18.0 Å². The molecule has 1 aliphatic carbocycles. The summed E-state index contributed by atoms with van der Waals surface area (Å²) >= 11 is 1.11. The number of aryl methyl sites for hydroxylation is 2. The molecule has 0 atom stereocenters. The summed E-state index contributed by atoms with van der Waals surface area (Å²) in [6.07, 6.45) is -4.77. The van der Waals surface area contributed by atoms with Crippen molar-refractivity contribution in [2.24, 2.45) is 0 Å². The van der Waals surface area contributed by atoms with Gasteiger partial charge < -0.3 is 15.0 Å². The van der Waals surface area contributed by atoms with E-state index in [1.165, 1.54) is 7.11 Å². The molecule has 2 fully saturated rings. The number of hydrogen-bond donors (Lipinski definition) is 1. The fraction of sp³-hybridized carbons (Fsp3) is 0.632. The Hall–Kier alpha value is -2.34. The molecule has 12 heteroatoms. The Labute approximate surface area is 179 Å². The molecule has 31 heavy (non-hydrogen) atoms. The van der Waals surface area contributed by atoms with Gasteiger partial charge in [0.25, 0.3) is 5.56 Å². The third kappa shape index (κ3) is 3.98. The van der Waals surface area contributed by atoms with Crippen molar-refractivity contribution in [3.63, 3.8) is 0 Å². The molecule has 2 aliphatic rings. The van der Waals surface area contributed by atoms with Crippen molar-refractivity contribution in [2.75, 3.05) is 20.2 Å². The number of carbonyl (C=O) groups excluding carboxylic acids is 1. The zero-order valence-corrected chi connectivity index (χ0v) is 17.9. The van der Waals surface area contributed by atoms with E-state index in [1.807, 2.05) is 0 Å². The highest BCUT2D eigenvalue weighted by Crippen LogP contribution is 2.34. The SMILES string of the molecule is COC1CC(n2c(=O)c3c(C)c(CN4CCNC4=O)sc3n(CCC(F)(F)F)c2=O)C1. The topological polar surface area (TPSA) is 85.6 Å². The van der Waals surface area contributed by atoms with E-state index in [-0.39, 0.29) is 28.9 Å². The summed E-state index contributed by atoms with van der Waals surface area (Å²) in [6.45, 7) is 2.39. The normalized spacial score (nSPS) is 21.6. The molecule has 0 aromatic carbocycles. The third-order valence-electron chi connectivity index (χ3n) is 6.01. The van der Waals surface area contributed by atoms with Crippen molar-refractivity contribution in [3.8, 4) is 0 Å². The molecule has 2 aromatic rings. The van der Waals surface area contributed by atoms with Crippen LogP contribution in [0.5, 0.6) is 0 Å². The minimum Gasteiger partial charge on any atom is -0.381 e. The number of halogens is 3. The van der Waals surface area contributed by atoms with E-state index >= 15 is 0 Å². The van der Waals surface area contributed by atoms with Crippen LogP contribution in [-0.2, 0) is 17.8 Å². The Morgan fingerprint density at radius 3 is 2.52 bits per heavy atom. The molecule has 3 heterocycles. The van der Waals surface area contributed by atoms with Crippen molar-refractivity contribution in [3.05, 3.63) is 31.3 Å². The highest BCUT2D eigenvalue weighted by molar-refractivity contribution is 7.18. The van der Waals surface area contributed by atoms with Crippen LogP contribution in [0, 0.1) is 6.92 Å². The fourth-order valence-corrected chi connectivity index (χ4v) is 5.43. The van der Waals surface area contributed by atoms with E-state index in [4.69, 9.17) is 4.74 Å². The summed E-state index contributed by atoms with van der Waals surface area (Å²) in [5.74, 6) is 0. The molecule has 0 radical (unpaired) electrons. The van der Waals surface area contributed by atoms with Gasteiger partial charge in [0.2, 0.25) is 0 Å². The lowest BCUT2D eigenvalue weighted by molar-refractivity contribution is -0.136. The third-order valence-corrected chi connectivity index (χ3v) is 7.31. The summed E-state index contributed by atoms with van der Waals surface area (Å²) in [4.78, 5) is 40.8. The van der Waals surface area contributed by atoms with Crippen LogP contribution in [0.25, 0.3) is 10.2 Å². The van der Waals surface area contributed by atoms with Crippen molar-refractivity contribution in [1.29, 1.82) is 0 Å². The maximum Gasteiger partial charge on any atom is 0.390 e. The number of rotatable bonds is 6. The molecule has 8 nitrogen and oxygen atoms in total. The maximum atomic E-state index is 13.3. The number of methoxy groups -OCH3 is 1. The highest BCUT2D eigenvalue weighted by atomic mass is 32.1. The molecule has 1 aliphatic heterocycles. The molecule has 1 N–H and O–H groups in total. The van der Waals surface area contributed by atoms with Gasteiger partial charge in [0.05, 0.1) is 24.5 Å². The van der Waals surface area contributed by atoms with Crippen molar-refractivity contribution < 1.29 is 22.7 Å². The van der Waals surface area contributed by atoms with Gasteiger partial charge in [-0.3, -0.25) is 13.9 Å². The van der Waals surface area contributed by atoms with Gasteiger partial charge in [-0.05, 0) is 25.3 Å².